The number of imidazole rings is 1. The van der Waals surface area contributed by atoms with Gasteiger partial charge in [-0.3, -0.25) is 4.79 Å². The minimum Gasteiger partial charge on any atom is -0.348 e. The van der Waals surface area contributed by atoms with Gasteiger partial charge in [-0.1, -0.05) is 6.42 Å². The van der Waals surface area contributed by atoms with Crippen molar-refractivity contribution in [2.45, 2.75) is 38.8 Å². The number of nitrogens with zero attached hydrogens (tertiary/aromatic N) is 1. The smallest absolute Gasteiger partial charge is 0.227 e. The SMILES string of the molecule is CC1(C(=O)NCc2ncc[nH]2)CCCC1N. The summed E-state index contributed by atoms with van der Waals surface area (Å²) in [6, 6.07) is -0.0240. The van der Waals surface area contributed by atoms with Crippen molar-refractivity contribution in [3.63, 3.8) is 0 Å². The van der Waals surface area contributed by atoms with Crippen LogP contribution in [0.2, 0.25) is 0 Å². The molecule has 1 saturated carbocycles. The maximum Gasteiger partial charge on any atom is 0.227 e. The van der Waals surface area contributed by atoms with Crippen LogP contribution in [0, 0.1) is 5.41 Å². The van der Waals surface area contributed by atoms with E-state index < -0.39 is 5.41 Å². The van der Waals surface area contributed by atoms with Gasteiger partial charge in [-0.2, -0.15) is 0 Å². The van der Waals surface area contributed by atoms with E-state index in [0.717, 1.165) is 25.1 Å². The van der Waals surface area contributed by atoms with Crippen LogP contribution < -0.4 is 11.1 Å². The number of carbonyl (C=O) groups is 1. The summed E-state index contributed by atoms with van der Waals surface area (Å²) in [5.74, 6) is 0.803. The van der Waals surface area contributed by atoms with Gasteiger partial charge in [0.25, 0.3) is 0 Å². The van der Waals surface area contributed by atoms with Crippen LogP contribution in [0.25, 0.3) is 0 Å². The van der Waals surface area contributed by atoms with Crippen molar-refractivity contribution in [2.24, 2.45) is 11.1 Å². The summed E-state index contributed by atoms with van der Waals surface area (Å²) in [4.78, 5) is 19.0. The van der Waals surface area contributed by atoms with Crippen molar-refractivity contribution in [3.05, 3.63) is 18.2 Å². The van der Waals surface area contributed by atoms with Crippen molar-refractivity contribution in [1.29, 1.82) is 0 Å². The minimum absolute atomic E-state index is 0.0240. The summed E-state index contributed by atoms with van der Waals surface area (Å²) in [6.07, 6.45) is 6.25. The van der Waals surface area contributed by atoms with Gasteiger partial charge in [0.05, 0.1) is 12.0 Å². The van der Waals surface area contributed by atoms with E-state index in [1.54, 1.807) is 12.4 Å². The zero-order valence-corrected chi connectivity index (χ0v) is 9.49. The average Bonchev–Trinajstić information content (AvgIpc) is 2.87. The Kier molecular flexibility index (Phi) is 2.96. The summed E-state index contributed by atoms with van der Waals surface area (Å²) >= 11 is 0. The van der Waals surface area contributed by atoms with Crippen molar-refractivity contribution >= 4 is 5.91 Å². The van der Waals surface area contributed by atoms with E-state index in [1.807, 2.05) is 6.92 Å². The fourth-order valence-corrected chi connectivity index (χ4v) is 2.24. The van der Waals surface area contributed by atoms with Crippen LogP contribution in [0.1, 0.15) is 32.0 Å². The lowest BCUT2D eigenvalue weighted by atomic mass is 9.84. The second-order valence-electron chi connectivity index (χ2n) is 4.63. The molecule has 1 aromatic rings. The topological polar surface area (TPSA) is 83.8 Å². The maximum atomic E-state index is 12.0. The molecule has 16 heavy (non-hydrogen) atoms. The van der Waals surface area contributed by atoms with Crippen LogP contribution in [0.5, 0.6) is 0 Å². The molecule has 1 fully saturated rings. The summed E-state index contributed by atoms with van der Waals surface area (Å²) in [5.41, 5.74) is 5.57. The Bertz CT molecular complexity index is 362. The van der Waals surface area contributed by atoms with E-state index in [0.29, 0.717) is 6.54 Å². The van der Waals surface area contributed by atoms with Crippen molar-refractivity contribution < 1.29 is 4.79 Å². The number of carbonyl (C=O) groups excluding carboxylic acids is 1. The Balaban J connectivity index is 1.93. The van der Waals surface area contributed by atoms with Crippen LogP contribution in [-0.4, -0.2) is 21.9 Å². The zero-order chi connectivity index (χ0) is 11.6. The predicted molar refractivity (Wildman–Crippen MR) is 60.4 cm³/mol. The second-order valence-corrected chi connectivity index (χ2v) is 4.63. The number of hydrogen-bond acceptors (Lipinski definition) is 3. The summed E-state index contributed by atoms with van der Waals surface area (Å²) < 4.78 is 0. The highest BCUT2D eigenvalue weighted by Gasteiger charge is 2.42. The third-order valence-electron chi connectivity index (χ3n) is 3.52. The number of nitrogens with one attached hydrogen (secondary N) is 2. The number of rotatable bonds is 3. The second kappa shape index (κ2) is 4.25. The van der Waals surface area contributed by atoms with Gasteiger partial charge in [0, 0.05) is 18.4 Å². The normalized spacial score (nSPS) is 29.2. The minimum atomic E-state index is -0.410. The van der Waals surface area contributed by atoms with Crippen molar-refractivity contribution in [3.8, 4) is 0 Å². The van der Waals surface area contributed by atoms with Crippen molar-refractivity contribution in [2.75, 3.05) is 0 Å². The molecule has 88 valence electrons. The molecule has 5 heteroatoms. The number of aromatic amines is 1. The molecule has 1 amide bonds. The van der Waals surface area contributed by atoms with Gasteiger partial charge >= 0.3 is 0 Å². The predicted octanol–water partition coefficient (Wildman–Crippen LogP) is 0.543. The Morgan fingerprint density at radius 2 is 2.62 bits per heavy atom. The molecule has 0 radical (unpaired) electrons. The maximum absolute atomic E-state index is 12.0. The van der Waals surface area contributed by atoms with Crippen LogP contribution in [0.4, 0.5) is 0 Å². The molecule has 2 unspecified atom stereocenters. The molecule has 1 aliphatic carbocycles. The number of nitrogens with two attached hydrogens (primary N) is 1. The van der Waals surface area contributed by atoms with Crippen LogP contribution in [-0.2, 0) is 11.3 Å². The number of hydrogen-bond donors (Lipinski definition) is 3. The Morgan fingerprint density at radius 1 is 1.81 bits per heavy atom. The lowest BCUT2D eigenvalue weighted by Crippen LogP contribution is -2.47. The monoisotopic (exact) mass is 222 g/mol. The van der Waals surface area contributed by atoms with E-state index in [1.165, 1.54) is 0 Å². The van der Waals surface area contributed by atoms with Gasteiger partial charge in [0.2, 0.25) is 5.91 Å². The van der Waals surface area contributed by atoms with Gasteiger partial charge in [-0.25, -0.2) is 4.98 Å². The van der Waals surface area contributed by atoms with Gasteiger partial charge in [0.1, 0.15) is 5.82 Å². The molecule has 0 aromatic carbocycles. The molecule has 2 atom stereocenters. The van der Waals surface area contributed by atoms with Crippen molar-refractivity contribution in [1.82, 2.24) is 15.3 Å². The van der Waals surface area contributed by atoms with Gasteiger partial charge in [0.15, 0.2) is 0 Å². The first-order chi connectivity index (χ1) is 7.63. The van der Waals surface area contributed by atoms with Crippen LogP contribution >= 0.6 is 0 Å². The first kappa shape index (κ1) is 11.1. The zero-order valence-electron chi connectivity index (χ0n) is 9.49. The lowest BCUT2D eigenvalue weighted by Gasteiger charge is -2.27. The summed E-state index contributed by atoms with van der Waals surface area (Å²) in [7, 11) is 0. The highest BCUT2D eigenvalue weighted by atomic mass is 16.2. The van der Waals surface area contributed by atoms with E-state index in [2.05, 4.69) is 15.3 Å². The highest BCUT2D eigenvalue weighted by molar-refractivity contribution is 5.83. The summed E-state index contributed by atoms with van der Waals surface area (Å²) in [5, 5.41) is 2.89. The third kappa shape index (κ3) is 1.95. The quantitative estimate of drug-likeness (QED) is 0.698. The molecule has 0 saturated heterocycles. The third-order valence-corrected chi connectivity index (χ3v) is 3.52. The molecule has 2 rings (SSSR count). The van der Waals surface area contributed by atoms with Gasteiger partial charge in [-0.15, -0.1) is 0 Å². The van der Waals surface area contributed by atoms with E-state index in [9.17, 15) is 4.79 Å². The lowest BCUT2D eigenvalue weighted by molar-refractivity contribution is -0.130. The molecular weight excluding hydrogens is 204 g/mol. The van der Waals surface area contributed by atoms with Gasteiger partial charge in [-0.05, 0) is 19.8 Å². The van der Waals surface area contributed by atoms with E-state index in [-0.39, 0.29) is 11.9 Å². The van der Waals surface area contributed by atoms with E-state index >= 15 is 0 Å². The first-order valence-electron chi connectivity index (χ1n) is 5.65. The number of amides is 1. The fraction of sp³-hybridized carbons (Fsp3) is 0.636. The molecule has 1 heterocycles. The average molecular weight is 222 g/mol. The van der Waals surface area contributed by atoms with E-state index in [4.69, 9.17) is 5.73 Å². The summed E-state index contributed by atoms with van der Waals surface area (Å²) in [6.45, 7) is 2.39. The molecule has 4 N–H and O–H groups in total. The fourth-order valence-electron chi connectivity index (χ4n) is 2.24. The number of aromatic nitrogens is 2. The Labute approximate surface area is 94.8 Å². The highest BCUT2D eigenvalue weighted by Crippen LogP contribution is 2.36. The van der Waals surface area contributed by atoms with Gasteiger partial charge < -0.3 is 16.0 Å². The molecule has 5 nitrogen and oxygen atoms in total. The number of H-pyrrole nitrogens is 1. The Morgan fingerprint density at radius 3 is 3.19 bits per heavy atom. The molecule has 1 aromatic heterocycles. The molecule has 0 bridgehead atoms. The molecule has 1 aliphatic rings. The first-order valence-corrected chi connectivity index (χ1v) is 5.65. The largest absolute Gasteiger partial charge is 0.348 e. The van der Waals surface area contributed by atoms with Crippen LogP contribution in [0.15, 0.2) is 12.4 Å². The standard InChI is InChI=1S/C11H18N4O/c1-11(4-2-3-8(11)12)10(16)15-7-9-13-5-6-14-9/h5-6,8H,2-4,7,12H2,1H3,(H,13,14)(H,15,16). The molecule has 0 spiro atoms. The van der Waals surface area contributed by atoms with Crippen LogP contribution in [0.3, 0.4) is 0 Å². The molecule has 0 aliphatic heterocycles. The Hall–Kier alpha value is -1.36. The molecular formula is C11H18N4O.